The van der Waals surface area contributed by atoms with Crippen LogP contribution < -0.4 is 10.6 Å². The van der Waals surface area contributed by atoms with Crippen molar-refractivity contribution < 1.29 is 4.79 Å². The second kappa shape index (κ2) is 6.00. The standard InChI is InChI=1S/C13H24N4O/c1-6-11-10(8-17(5)16-11)7-15-9-13(2,3)12(18)14-4/h8,15H,6-7,9H2,1-5H3,(H,14,18). The highest BCUT2D eigenvalue weighted by Gasteiger charge is 2.25. The molecular weight excluding hydrogens is 228 g/mol. The fraction of sp³-hybridized carbons (Fsp3) is 0.692. The van der Waals surface area contributed by atoms with Gasteiger partial charge in [0.1, 0.15) is 0 Å². The minimum atomic E-state index is -0.399. The molecular formula is C13H24N4O. The summed E-state index contributed by atoms with van der Waals surface area (Å²) in [5.74, 6) is 0.0527. The third-order valence-corrected chi connectivity index (χ3v) is 3.05. The number of nitrogens with one attached hydrogen (secondary N) is 2. The lowest BCUT2D eigenvalue weighted by Crippen LogP contribution is -2.41. The zero-order chi connectivity index (χ0) is 13.8. The summed E-state index contributed by atoms with van der Waals surface area (Å²) in [4.78, 5) is 11.6. The maximum Gasteiger partial charge on any atom is 0.226 e. The number of carbonyl (C=O) groups is 1. The molecule has 0 saturated heterocycles. The molecule has 0 saturated carbocycles. The van der Waals surface area contributed by atoms with E-state index in [9.17, 15) is 4.79 Å². The van der Waals surface area contributed by atoms with E-state index in [-0.39, 0.29) is 5.91 Å². The number of rotatable bonds is 6. The highest BCUT2D eigenvalue weighted by Crippen LogP contribution is 2.14. The van der Waals surface area contributed by atoms with Crippen LogP contribution in [0.1, 0.15) is 32.0 Å². The summed E-state index contributed by atoms with van der Waals surface area (Å²) in [7, 11) is 3.59. The van der Waals surface area contributed by atoms with Crippen molar-refractivity contribution in [2.24, 2.45) is 12.5 Å². The van der Waals surface area contributed by atoms with Gasteiger partial charge in [-0.3, -0.25) is 9.48 Å². The predicted octanol–water partition coefficient (Wildman–Crippen LogP) is 0.844. The number of nitrogens with zero attached hydrogens (tertiary/aromatic N) is 2. The van der Waals surface area contributed by atoms with Gasteiger partial charge in [-0.2, -0.15) is 5.10 Å². The molecule has 5 heteroatoms. The van der Waals surface area contributed by atoms with Crippen molar-refractivity contribution in [3.8, 4) is 0 Å². The molecule has 1 amide bonds. The maximum absolute atomic E-state index is 11.6. The van der Waals surface area contributed by atoms with Crippen LogP contribution in [0.25, 0.3) is 0 Å². The van der Waals surface area contributed by atoms with Crippen molar-refractivity contribution in [2.75, 3.05) is 13.6 Å². The molecule has 2 N–H and O–H groups in total. The molecule has 5 nitrogen and oxygen atoms in total. The summed E-state index contributed by atoms with van der Waals surface area (Å²) in [6.45, 7) is 7.36. The van der Waals surface area contributed by atoms with Crippen molar-refractivity contribution in [3.05, 3.63) is 17.5 Å². The van der Waals surface area contributed by atoms with Gasteiger partial charge in [-0.05, 0) is 20.3 Å². The second-order valence-corrected chi connectivity index (χ2v) is 5.19. The first kappa shape index (κ1) is 14.7. The molecule has 0 aliphatic rings. The molecule has 1 aromatic heterocycles. The molecule has 0 unspecified atom stereocenters. The molecule has 0 aromatic carbocycles. The summed E-state index contributed by atoms with van der Waals surface area (Å²) in [6, 6.07) is 0. The first-order chi connectivity index (χ1) is 8.40. The van der Waals surface area contributed by atoms with Gasteiger partial charge in [0.25, 0.3) is 0 Å². The van der Waals surface area contributed by atoms with Crippen LogP contribution in [-0.4, -0.2) is 29.3 Å². The lowest BCUT2D eigenvalue weighted by Gasteiger charge is -2.22. The van der Waals surface area contributed by atoms with Gasteiger partial charge >= 0.3 is 0 Å². The van der Waals surface area contributed by atoms with Gasteiger partial charge in [-0.25, -0.2) is 0 Å². The smallest absolute Gasteiger partial charge is 0.226 e. The predicted molar refractivity (Wildman–Crippen MR) is 72.1 cm³/mol. The van der Waals surface area contributed by atoms with Gasteiger partial charge in [-0.15, -0.1) is 0 Å². The van der Waals surface area contributed by atoms with E-state index in [1.807, 2.05) is 31.8 Å². The molecule has 0 aliphatic carbocycles. The molecule has 1 aromatic rings. The van der Waals surface area contributed by atoms with Crippen molar-refractivity contribution >= 4 is 5.91 Å². The average Bonchev–Trinajstić information content (AvgIpc) is 2.68. The molecule has 0 radical (unpaired) electrons. The number of amides is 1. The van der Waals surface area contributed by atoms with Crippen molar-refractivity contribution in [1.82, 2.24) is 20.4 Å². The zero-order valence-electron chi connectivity index (χ0n) is 12.0. The first-order valence-corrected chi connectivity index (χ1v) is 6.35. The highest BCUT2D eigenvalue weighted by molar-refractivity contribution is 5.81. The SMILES string of the molecule is CCc1nn(C)cc1CNCC(C)(C)C(=O)NC. The lowest BCUT2D eigenvalue weighted by molar-refractivity contribution is -0.128. The summed E-state index contributed by atoms with van der Waals surface area (Å²) in [5.41, 5.74) is 1.92. The molecule has 102 valence electrons. The Balaban J connectivity index is 2.53. The third kappa shape index (κ3) is 3.57. The number of aryl methyl sites for hydroxylation is 2. The minimum absolute atomic E-state index is 0.0527. The molecule has 0 spiro atoms. The van der Waals surface area contributed by atoms with Crippen LogP contribution in [0.2, 0.25) is 0 Å². The lowest BCUT2D eigenvalue weighted by atomic mass is 9.92. The summed E-state index contributed by atoms with van der Waals surface area (Å²) >= 11 is 0. The second-order valence-electron chi connectivity index (χ2n) is 5.19. The van der Waals surface area contributed by atoms with Crippen LogP contribution >= 0.6 is 0 Å². The number of hydrogen-bond acceptors (Lipinski definition) is 3. The summed E-state index contributed by atoms with van der Waals surface area (Å²) in [6.07, 6.45) is 2.95. The third-order valence-electron chi connectivity index (χ3n) is 3.05. The molecule has 0 aliphatic heterocycles. The topological polar surface area (TPSA) is 59.0 Å². The monoisotopic (exact) mass is 252 g/mol. The van der Waals surface area contributed by atoms with E-state index < -0.39 is 5.41 Å². The normalized spacial score (nSPS) is 11.6. The number of hydrogen-bond donors (Lipinski definition) is 2. The van der Waals surface area contributed by atoms with Crippen LogP contribution in [0.5, 0.6) is 0 Å². The van der Waals surface area contributed by atoms with Gasteiger partial charge in [-0.1, -0.05) is 6.92 Å². The van der Waals surface area contributed by atoms with E-state index in [0.29, 0.717) is 6.54 Å². The highest BCUT2D eigenvalue weighted by atomic mass is 16.2. The minimum Gasteiger partial charge on any atom is -0.359 e. The fourth-order valence-electron chi connectivity index (χ4n) is 1.96. The van der Waals surface area contributed by atoms with Crippen LogP contribution in [0.3, 0.4) is 0 Å². The molecule has 0 atom stereocenters. The maximum atomic E-state index is 11.6. The average molecular weight is 252 g/mol. The van der Waals surface area contributed by atoms with Crippen molar-refractivity contribution in [1.29, 1.82) is 0 Å². The first-order valence-electron chi connectivity index (χ1n) is 6.35. The van der Waals surface area contributed by atoms with Crippen LogP contribution in [0.4, 0.5) is 0 Å². The Labute approximate surface area is 109 Å². The molecule has 0 bridgehead atoms. The van der Waals surface area contributed by atoms with E-state index >= 15 is 0 Å². The Hall–Kier alpha value is -1.36. The Morgan fingerprint density at radius 1 is 1.50 bits per heavy atom. The van der Waals surface area contributed by atoms with E-state index in [2.05, 4.69) is 22.7 Å². The van der Waals surface area contributed by atoms with Gasteiger partial charge in [0.15, 0.2) is 0 Å². The van der Waals surface area contributed by atoms with E-state index in [0.717, 1.165) is 18.7 Å². The van der Waals surface area contributed by atoms with E-state index in [1.165, 1.54) is 5.56 Å². The Kier molecular flexibility index (Phi) is 4.90. The Bertz CT molecular complexity index is 409. The van der Waals surface area contributed by atoms with Crippen LogP contribution in [0.15, 0.2) is 6.20 Å². The zero-order valence-corrected chi connectivity index (χ0v) is 12.0. The number of carbonyl (C=O) groups excluding carboxylic acids is 1. The summed E-state index contributed by atoms with van der Waals surface area (Å²) in [5, 5.41) is 10.4. The van der Waals surface area contributed by atoms with Gasteiger partial charge in [0.2, 0.25) is 5.91 Å². The van der Waals surface area contributed by atoms with Gasteiger partial charge in [0, 0.05) is 38.9 Å². The molecule has 1 heterocycles. The van der Waals surface area contributed by atoms with Crippen LogP contribution in [0, 0.1) is 5.41 Å². The van der Waals surface area contributed by atoms with Crippen molar-refractivity contribution in [2.45, 2.75) is 33.7 Å². The number of aromatic nitrogens is 2. The molecule has 0 fully saturated rings. The molecule has 1 rings (SSSR count). The Morgan fingerprint density at radius 3 is 2.72 bits per heavy atom. The van der Waals surface area contributed by atoms with E-state index in [4.69, 9.17) is 0 Å². The summed E-state index contributed by atoms with van der Waals surface area (Å²) < 4.78 is 1.83. The van der Waals surface area contributed by atoms with Crippen LogP contribution in [-0.2, 0) is 24.8 Å². The largest absolute Gasteiger partial charge is 0.359 e. The fourth-order valence-corrected chi connectivity index (χ4v) is 1.96. The quantitative estimate of drug-likeness (QED) is 0.789. The Morgan fingerprint density at radius 2 is 2.17 bits per heavy atom. The van der Waals surface area contributed by atoms with Crippen molar-refractivity contribution in [3.63, 3.8) is 0 Å². The molecule has 18 heavy (non-hydrogen) atoms. The van der Waals surface area contributed by atoms with Gasteiger partial charge < -0.3 is 10.6 Å². The van der Waals surface area contributed by atoms with Gasteiger partial charge in [0.05, 0.1) is 11.1 Å². The van der Waals surface area contributed by atoms with E-state index in [1.54, 1.807) is 7.05 Å².